The summed E-state index contributed by atoms with van der Waals surface area (Å²) < 4.78 is 7.68. The van der Waals surface area contributed by atoms with Crippen LogP contribution in [0.5, 0.6) is 0 Å². The van der Waals surface area contributed by atoms with E-state index in [1.807, 2.05) is 11.6 Å². The first-order valence-corrected chi connectivity index (χ1v) is 6.86. The Balaban J connectivity index is 2.09. The first-order chi connectivity index (χ1) is 8.67. The lowest BCUT2D eigenvalue weighted by atomic mass is 10.1. The van der Waals surface area contributed by atoms with Crippen LogP contribution in [-0.4, -0.2) is 35.6 Å². The van der Waals surface area contributed by atoms with E-state index in [-0.39, 0.29) is 0 Å². The van der Waals surface area contributed by atoms with Crippen molar-refractivity contribution in [3.63, 3.8) is 0 Å². The van der Waals surface area contributed by atoms with Gasteiger partial charge in [-0.3, -0.25) is 0 Å². The largest absolute Gasteiger partial charge is 0.394 e. The molecule has 1 aromatic heterocycles. The molecular weight excluding hydrogens is 228 g/mol. The summed E-state index contributed by atoms with van der Waals surface area (Å²) in [4.78, 5) is 2.34. The fourth-order valence-corrected chi connectivity index (χ4v) is 2.61. The van der Waals surface area contributed by atoms with Crippen molar-refractivity contribution in [1.29, 1.82) is 0 Å². The van der Waals surface area contributed by atoms with E-state index >= 15 is 0 Å². The molecule has 0 spiro atoms. The van der Waals surface area contributed by atoms with Gasteiger partial charge in [0, 0.05) is 26.2 Å². The number of aromatic nitrogens is 2. The summed E-state index contributed by atoms with van der Waals surface area (Å²) in [6.45, 7) is 9.79. The van der Waals surface area contributed by atoms with Crippen LogP contribution in [-0.2, 0) is 11.3 Å². The van der Waals surface area contributed by atoms with E-state index in [4.69, 9.17) is 10.5 Å². The van der Waals surface area contributed by atoms with Gasteiger partial charge in [-0.1, -0.05) is 0 Å². The summed E-state index contributed by atoms with van der Waals surface area (Å²) in [5.74, 6) is 1.09. The highest BCUT2D eigenvalue weighted by atomic mass is 16.5. The molecule has 1 fully saturated rings. The van der Waals surface area contributed by atoms with Crippen molar-refractivity contribution >= 4 is 11.5 Å². The third-order valence-corrected chi connectivity index (χ3v) is 3.59. The number of nitrogens with two attached hydrogens (primary N) is 1. The number of anilines is 2. The lowest BCUT2D eigenvalue weighted by Gasteiger charge is -2.33. The Bertz CT molecular complexity index is 394. The maximum absolute atomic E-state index is 6.15. The van der Waals surface area contributed by atoms with Crippen molar-refractivity contribution in [2.75, 3.05) is 30.3 Å². The average Bonchev–Trinajstić information content (AvgIpc) is 2.67. The first-order valence-electron chi connectivity index (χ1n) is 6.86. The van der Waals surface area contributed by atoms with E-state index in [9.17, 15) is 0 Å². The van der Waals surface area contributed by atoms with Gasteiger partial charge in [0.15, 0.2) is 5.82 Å². The van der Waals surface area contributed by atoms with E-state index in [1.165, 1.54) is 0 Å². The van der Waals surface area contributed by atoms with Gasteiger partial charge in [0.25, 0.3) is 0 Å². The quantitative estimate of drug-likeness (QED) is 0.887. The Morgan fingerprint density at radius 3 is 2.56 bits per heavy atom. The van der Waals surface area contributed by atoms with Crippen LogP contribution in [0.15, 0.2) is 0 Å². The molecule has 5 heteroatoms. The number of ether oxygens (including phenoxy) is 1. The van der Waals surface area contributed by atoms with E-state index in [0.29, 0.717) is 6.10 Å². The van der Waals surface area contributed by atoms with Crippen LogP contribution in [0.4, 0.5) is 11.5 Å². The van der Waals surface area contributed by atoms with Gasteiger partial charge in [-0.15, -0.1) is 0 Å². The molecule has 1 aliphatic rings. The Morgan fingerprint density at radius 1 is 1.33 bits per heavy atom. The predicted molar refractivity (Wildman–Crippen MR) is 73.9 cm³/mol. The van der Waals surface area contributed by atoms with Crippen LogP contribution < -0.4 is 10.6 Å². The normalized spacial score (nSPS) is 17.4. The number of nitrogens with zero attached hydrogens (tertiary/aromatic N) is 3. The molecule has 0 amide bonds. The molecule has 0 aliphatic carbocycles. The van der Waals surface area contributed by atoms with Crippen LogP contribution in [0.2, 0.25) is 0 Å². The minimum absolute atomic E-state index is 0.409. The third-order valence-electron chi connectivity index (χ3n) is 3.59. The molecule has 0 unspecified atom stereocenters. The molecule has 1 aliphatic heterocycles. The van der Waals surface area contributed by atoms with Crippen molar-refractivity contribution in [1.82, 2.24) is 9.78 Å². The summed E-state index contributed by atoms with van der Waals surface area (Å²) in [6.07, 6.45) is 2.55. The molecule has 5 nitrogen and oxygen atoms in total. The first kappa shape index (κ1) is 13.2. The van der Waals surface area contributed by atoms with Gasteiger partial charge < -0.3 is 15.4 Å². The zero-order chi connectivity index (χ0) is 13.1. The van der Waals surface area contributed by atoms with Gasteiger partial charge in [-0.25, -0.2) is 4.68 Å². The summed E-state index contributed by atoms with van der Waals surface area (Å²) in [7, 11) is 0. The fourth-order valence-electron chi connectivity index (χ4n) is 2.61. The molecule has 0 atom stereocenters. The lowest BCUT2D eigenvalue weighted by Crippen LogP contribution is -2.38. The molecule has 102 valence electrons. The van der Waals surface area contributed by atoms with Crippen molar-refractivity contribution in [3.8, 4) is 0 Å². The van der Waals surface area contributed by atoms with E-state index in [2.05, 4.69) is 23.8 Å². The van der Waals surface area contributed by atoms with Crippen molar-refractivity contribution in [3.05, 3.63) is 5.69 Å². The second-order valence-corrected chi connectivity index (χ2v) is 4.78. The molecule has 0 aromatic carbocycles. The van der Waals surface area contributed by atoms with E-state index < -0.39 is 0 Å². The van der Waals surface area contributed by atoms with Gasteiger partial charge in [-0.05, 0) is 33.6 Å². The number of nitrogen functional groups attached to an aromatic ring is 1. The number of rotatable bonds is 4. The van der Waals surface area contributed by atoms with Gasteiger partial charge in [0.2, 0.25) is 0 Å². The van der Waals surface area contributed by atoms with Crippen LogP contribution >= 0.6 is 0 Å². The molecule has 18 heavy (non-hydrogen) atoms. The fraction of sp³-hybridized carbons (Fsp3) is 0.769. The molecule has 1 aromatic rings. The van der Waals surface area contributed by atoms with Crippen molar-refractivity contribution < 1.29 is 4.74 Å². The van der Waals surface area contributed by atoms with Gasteiger partial charge in [0.1, 0.15) is 0 Å². The SMILES string of the molecule is CCOC1CCN(c2c(N)c(C)nn2CC)CC1. The maximum Gasteiger partial charge on any atom is 0.150 e. The van der Waals surface area contributed by atoms with Crippen molar-refractivity contribution in [2.45, 2.75) is 46.3 Å². The molecule has 0 bridgehead atoms. The lowest BCUT2D eigenvalue weighted by molar-refractivity contribution is 0.0457. The predicted octanol–water partition coefficient (Wildman–Crippen LogP) is 1.80. The average molecular weight is 252 g/mol. The molecule has 2 N–H and O–H groups in total. The van der Waals surface area contributed by atoms with E-state index in [0.717, 1.165) is 56.3 Å². The maximum atomic E-state index is 6.15. The zero-order valence-electron chi connectivity index (χ0n) is 11.6. The van der Waals surface area contributed by atoms with Crippen molar-refractivity contribution in [2.24, 2.45) is 0 Å². The number of hydrogen-bond acceptors (Lipinski definition) is 4. The number of aryl methyl sites for hydroxylation is 2. The molecule has 0 saturated carbocycles. The Hall–Kier alpha value is -1.23. The minimum Gasteiger partial charge on any atom is -0.394 e. The van der Waals surface area contributed by atoms with E-state index in [1.54, 1.807) is 0 Å². The highest BCUT2D eigenvalue weighted by Crippen LogP contribution is 2.29. The van der Waals surface area contributed by atoms with Crippen LogP contribution in [0, 0.1) is 6.92 Å². The standard InChI is InChI=1S/C13H24N4O/c1-4-17-13(12(14)10(3)15-17)16-8-6-11(7-9-16)18-5-2/h11H,4-9,14H2,1-3H3. The number of hydrogen-bond donors (Lipinski definition) is 1. The van der Waals surface area contributed by atoms with Gasteiger partial charge in [-0.2, -0.15) is 5.10 Å². The second kappa shape index (κ2) is 5.61. The number of piperidine rings is 1. The van der Waals surface area contributed by atoms with Crippen LogP contribution in [0.1, 0.15) is 32.4 Å². The molecule has 0 radical (unpaired) electrons. The molecule has 2 heterocycles. The monoisotopic (exact) mass is 252 g/mol. The van der Waals surface area contributed by atoms with Crippen LogP contribution in [0.3, 0.4) is 0 Å². The highest BCUT2D eigenvalue weighted by molar-refractivity contribution is 5.66. The summed E-state index contributed by atoms with van der Waals surface area (Å²) in [5.41, 5.74) is 7.90. The third kappa shape index (κ3) is 2.46. The molecule has 1 saturated heterocycles. The Kier molecular flexibility index (Phi) is 4.11. The summed E-state index contributed by atoms with van der Waals surface area (Å²) in [5, 5.41) is 4.48. The zero-order valence-corrected chi connectivity index (χ0v) is 11.6. The minimum atomic E-state index is 0.409. The van der Waals surface area contributed by atoms with Crippen LogP contribution in [0.25, 0.3) is 0 Å². The summed E-state index contributed by atoms with van der Waals surface area (Å²) >= 11 is 0. The topological polar surface area (TPSA) is 56.3 Å². The Labute approximate surface area is 109 Å². The van der Waals surface area contributed by atoms with Gasteiger partial charge in [0.05, 0.1) is 17.5 Å². The Morgan fingerprint density at radius 2 is 2.00 bits per heavy atom. The smallest absolute Gasteiger partial charge is 0.150 e. The van der Waals surface area contributed by atoms with Gasteiger partial charge >= 0.3 is 0 Å². The molecule has 2 rings (SSSR count). The summed E-state index contributed by atoms with van der Waals surface area (Å²) in [6, 6.07) is 0. The molecular formula is C13H24N4O. The highest BCUT2D eigenvalue weighted by Gasteiger charge is 2.24. The second-order valence-electron chi connectivity index (χ2n) is 4.78.